The Kier molecular flexibility index (Phi) is 3.22. The fourth-order valence-corrected chi connectivity index (χ4v) is 1.85. The minimum absolute atomic E-state index is 0.503. The van der Waals surface area contributed by atoms with Crippen LogP contribution in [0, 0.1) is 6.92 Å². The van der Waals surface area contributed by atoms with Crippen molar-refractivity contribution >= 4 is 11.0 Å². The highest BCUT2D eigenvalue weighted by atomic mass is 16.5. The molecular weight excluding hydrogens is 216 g/mol. The SMILES string of the molecule is COCCC(C)(O)c1cc2cc(C)ccc2o1. The van der Waals surface area contributed by atoms with Crippen LogP contribution in [0.25, 0.3) is 11.0 Å². The summed E-state index contributed by atoms with van der Waals surface area (Å²) in [6, 6.07) is 7.88. The van der Waals surface area contributed by atoms with E-state index in [1.807, 2.05) is 25.1 Å². The van der Waals surface area contributed by atoms with E-state index in [4.69, 9.17) is 9.15 Å². The minimum atomic E-state index is -0.983. The average molecular weight is 234 g/mol. The van der Waals surface area contributed by atoms with Crippen molar-refractivity contribution in [2.75, 3.05) is 13.7 Å². The van der Waals surface area contributed by atoms with Crippen LogP contribution in [0.15, 0.2) is 28.7 Å². The minimum Gasteiger partial charge on any atom is -0.458 e. The second-order valence-electron chi connectivity index (χ2n) is 4.67. The van der Waals surface area contributed by atoms with Gasteiger partial charge in [-0.2, -0.15) is 0 Å². The summed E-state index contributed by atoms with van der Waals surface area (Å²) in [6.07, 6.45) is 0.516. The number of methoxy groups -OCH3 is 1. The normalized spacial score (nSPS) is 15.1. The van der Waals surface area contributed by atoms with Crippen molar-refractivity contribution in [3.63, 3.8) is 0 Å². The predicted molar refractivity (Wildman–Crippen MR) is 67.0 cm³/mol. The first-order valence-corrected chi connectivity index (χ1v) is 5.75. The second-order valence-corrected chi connectivity index (χ2v) is 4.67. The molecule has 0 fully saturated rings. The zero-order valence-corrected chi connectivity index (χ0v) is 10.5. The Balaban J connectivity index is 2.35. The molecule has 1 N–H and O–H groups in total. The van der Waals surface area contributed by atoms with Gasteiger partial charge in [-0.1, -0.05) is 11.6 Å². The van der Waals surface area contributed by atoms with Crippen molar-refractivity contribution in [1.82, 2.24) is 0 Å². The highest BCUT2D eigenvalue weighted by Gasteiger charge is 2.27. The fourth-order valence-electron chi connectivity index (χ4n) is 1.85. The lowest BCUT2D eigenvalue weighted by molar-refractivity contribution is 0.00404. The molecule has 0 amide bonds. The summed E-state index contributed by atoms with van der Waals surface area (Å²) in [5, 5.41) is 11.3. The molecule has 2 rings (SSSR count). The van der Waals surface area contributed by atoms with Gasteiger partial charge in [0.1, 0.15) is 16.9 Å². The Morgan fingerprint density at radius 2 is 2.12 bits per heavy atom. The van der Waals surface area contributed by atoms with Gasteiger partial charge in [-0.3, -0.25) is 0 Å². The molecular formula is C14H18O3. The Morgan fingerprint density at radius 3 is 2.82 bits per heavy atom. The largest absolute Gasteiger partial charge is 0.458 e. The summed E-state index contributed by atoms with van der Waals surface area (Å²) in [5.74, 6) is 0.593. The van der Waals surface area contributed by atoms with E-state index in [1.54, 1.807) is 14.0 Å². The highest BCUT2D eigenvalue weighted by molar-refractivity contribution is 5.78. The lowest BCUT2D eigenvalue weighted by Gasteiger charge is -2.19. The molecule has 0 aliphatic carbocycles. The Morgan fingerprint density at radius 1 is 1.35 bits per heavy atom. The maximum absolute atomic E-state index is 10.3. The van der Waals surface area contributed by atoms with E-state index in [0.29, 0.717) is 18.8 Å². The van der Waals surface area contributed by atoms with Gasteiger partial charge < -0.3 is 14.3 Å². The van der Waals surface area contributed by atoms with Crippen molar-refractivity contribution in [1.29, 1.82) is 0 Å². The second kappa shape index (κ2) is 4.51. The van der Waals surface area contributed by atoms with Gasteiger partial charge in [0.05, 0.1) is 0 Å². The van der Waals surface area contributed by atoms with E-state index >= 15 is 0 Å². The van der Waals surface area contributed by atoms with Crippen molar-refractivity contribution in [2.45, 2.75) is 25.9 Å². The average Bonchev–Trinajstić information content (AvgIpc) is 2.70. The number of ether oxygens (including phenoxy) is 1. The summed E-state index contributed by atoms with van der Waals surface area (Å²) in [4.78, 5) is 0. The molecule has 0 aliphatic heterocycles. The van der Waals surface area contributed by atoms with Gasteiger partial charge in [-0.05, 0) is 32.0 Å². The summed E-state index contributed by atoms with van der Waals surface area (Å²) < 4.78 is 10.7. The molecule has 0 saturated heterocycles. The molecule has 0 aliphatic rings. The van der Waals surface area contributed by atoms with Crippen molar-refractivity contribution in [3.8, 4) is 0 Å². The molecule has 0 bridgehead atoms. The number of furan rings is 1. The van der Waals surface area contributed by atoms with Crippen molar-refractivity contribution in [3.05, 3.63) is 35.6 Å². The molecule has 1 atom stereocenters. The summed E-state index contributed by atoms with van der Waals surface area (Å²) >= 11 is 0. The predicted octanol–water partition coefficient (Wildman–Crippen LogP) is 2.99. The van der Waals surface area contributed by atoms with E-state index in [2.05, 4.69) is 6.07 Å². The zero-order chi connectivity index (χ0) is 12.5. The number of benzene rings is 1. The molecule has 0 radical (unpaired) electrons. The zero-order valence-electron chi connectivity index (χ0n) is 10.5. The number of hydrogen-bond acceptors (Lipinski definition) is 3. The molecule has 0 spiro atoms. The number of hydrogen-bond donors (Lipinski definition) is 1. The van der Waals surface area contributed by atoms with Crippen LogP contribution in [0.3, 0.4) is 0 Å². The first-order valence-electron chi connectivity index (χ1n) is 5.75. The third kappa shape index (κ3) is 2.51. The number of fused-ring (bicyclic) bond motifs is 1. The Bertz CT molecular complexity index is 511. The first kappa shape index (κ1) is 12.1. The van der Waals surface area contributed by atoms with Gasteiger partial charge in [0, 0.05) is 25.5 Å². The van der Waals surface area contributed by atoms with Gasteiger partial charge in [-0.15, -0.1) is 0 Å². The van der Waals surface area contributed by atoms with Crippen molar-refractivity contribution < 1.29 is 14.3 Å². The third-order valence-corrected chi connectivity index (χ3v) is 3.00. The molecule has 1 unspecified atom stereocenters. The quantitative estimate of drug-likeness (QED) is 0.884. The summed E-state index contributed by atoms with van der Waals surface area (Å²) in [6.45, 7) is 4.29. The van der Waals surface area contributed by atoms with Crippen LogP contribution in [0.5, 0.6) is 0 Å². The molecule has 3 heteroatoms. The van der Waals surface area contributed by atoms with Gasteiger partial charge in [-0.25, -0.2) is 0 Å². The van der Waals surface area contributed by atoms with Crippen LogP contribution >= 0.6 is 0 Å². The van der Waals surface area contributed by atoms with E-state index < -0.39 is 5.60 Å². The Hall–Kier alpha value is -1.32. The van der Waals surface area contributed by atoms with Gasteiger partial charge >= 0.3 is 0 Å². The molecule has 1 aromatic carbocycles. The molecule has 3 nitrogen and oxygen atoms in total. The number of aryl methyl sites for hydroxylation is 1. The van der Waals surface area contributed by atoms with Crippen LogP contribution in [-0.2, 0) is 10.3 Å². The van der Waals surface area contributed by atoms with E-state index in [0.717, 1.165) is 11.0 Å². The van der Waals surface area contributed by atoms with Crippen LogP contribution in [0.4, 0.5) is 0 Å². The van der Waals surface area contributed by atoms with Crippen LogP contribution in [0.2, 0.25) is 0 Å². The van der Waals surface area contributed by atoms with Crippen molar-refractivity contribution in [2.24, 2.45) is 0 Å². The lowest BCUT2D eigenvalue weighted by Crippen LogP contribution is -2.22. The molecule has 0 saturated carbocycles. The molecule has 92 valence electrons. The summed E-state index contributed by atoms with van der Waals surface area (Å²) in [7, 11) is 1.62. The topological polar surface area (TPSA) is 42.6 Å². The van der Waals surface area contributed by atoms with Gasteiger partial charge in [0.2, 0.25) is 0 Å². The summed E-state index contributed by atoms with van der Waals surface area (Å²) in [5.41, 5.74) is 1.01. The number of aliphatic hydroxyl groups is 1. The van der Waals surface area contributed by atoms with E-state index in [9.17, 15) is 5.11 Å². The lowest BCUT2D eigenvalue weighted by atomic mass is 9.99. The first-order chi connectivity index (χ1) is 8.03. The smallest absolute Gasteiger partial charge is 0.136 e. The third-order valence-electron chi connectivity index (χ3n) is 3.00. The monoisotopic (exact) mass is 234 g/mol. The molecule has 1 heterocycles. The maximum Gasteiger partial charge on any atom is 0.136 e. The van der Waals surface area contributed by atoms with Gasteiger partial charge in [0.15, 0.2) is 0 Å². The van der Waals surface area contributed by atoms with E-state index in [1.165, 1.54) is 5.56 Å². The maximum atomic E-state index is 10.3. The van der Waals surface area contributed by atoms with Gasteiger partial charge in [0.25, 0.3) is 0 Å². The van der Waals surface area contributed by atoms with E-state index in [-0.39, 0.29) is 0 Å². The fraction of sp³-hybridized carbons (Fsp3) is 0.429. The highest BCUT2D eigenvalue weighted by Crippen LogP contribution is 2.30. The van der Waals surface area contributed by atoms with Crippen LogP contribution in [0.1, 0.15) is 24.7 Å². The van der Waals surface area contributed by atoms with Crippen LogP contribution < -0.4 is 0 Å². The molecule has 1 aromatic heterocycles. The molecule has 17 heavy (non-hydrogen) atoms. The van der Waals surface area contributed by atoms with Crippen LogP contribution in [-0.4, -0.2) is 18.8 Å². The number of rotatable bonds is 4. The standard InChI is InChI=1S/C14H18O3/c1-10-4-5-12-11(8-10)9-13(17-12)14(2,15)6-7-16-3/h4-5,8-9,15H,6-7H2,1-3H3. The Labute approximate surface area is 101 Å². The molecule has 2 aromatic rings.